The van der Waals surface area contributed by atoms with Crippen molar-refractivity contribution in [1.82, 2.24) is 9.80 Å². The molecule has 0 aromatic heterocycles. The van der Waals surface area contributed by atoms with Crippen molar-refractivity contribution in [2.45, 2.75) is 24.4 Å². The van der Waals surface area contributed by atoms with Crippen LogP contribution in [0.15, 0.2) is 12.2 Å². The smallest absolute Gasteiger partial charge is 0.248 e. The minimum Gasteiger partial charge on any atom is -0.394 e. The Morgan fingerprint density at radius 3 is 3.06 bits per heavy atom. The molecule has 0 radical (unpaired) electrons. The monoisotopic (exact) mass is 252 g/mol. The van der Waals surface area contributed by atoms with Crippen LogP contribution in [-0.2, 0) is 9.53 Å². The van der Waals surface area contributed by atoms with Crippen LogP contribution in [0.25, 0.3) is 0 Å². The van der Waals surface area contributed by atoms with Gasteiger partial charge in [0, 0.05) is 25.7 Å². The average Bonchev–Trinajstić information content (AvgIpc) is 2.82. The standard InChI is InChI=1S/C13H20N2O3/c1-10-4-13(9-16)5-11(7-14(13)6-10)15-2-3-18-8-12(15)17/h11,16H,1-9H2/t11-,13+/m1/s1. The molecule has 100 valence electrons. The SMILES string of the molecule is C=C1CN2C[C@H](N3CCOCC3=O)C[C@]2(CO)C1. The number of aliphatic hydroxyl groups excluding tert-OH is 1. The Balaban J connectivity index is 1.75. The number of morpholine rings is 1. The zero-order valence-corrected chi connectivity index (χ0v) is 10.6. The predicted octanol–water partition coefficient (Wildman–Crippen LogP) is -0.389. The van der Waals surface area contributed by atoms with Gasteiger partial charge in [0.25, 0.3) is 0 Å². The molecule has 0 saturated carbocycles. The van der Waals surface area contributed by atoms with Crippen molar-refractivity contribution < 1.29 is 14.6 Å². The summed E-state index contributed by atoms with van der Waals surface area (Å²) in [6.45, 7) is 7.40. The van der Waals surface area contributed by atoms with E-state index in [9.17, 15) is 9.90 Å². The highest BCUT2D eigenvalue weighted by Gasteiger charge is 2.51. The molecule has 5 heteroatoms. The second kappa shape index (κ2) is 4.33. The largest absolute Gasteiger partial charge is 0.394 e. The van der Waals surface area contributed by atoms with E-state index < -0.39 is 0 Å². The molecule has 0 bridgehead atoms. The maximum absolute atomic E-state index is 11.9. The van der Waals surface area contributed by atoms with Crippen LogP contribution < -0.4 is 0 Å². The molecule has 2 atom stereocenters. The van der Waals surface area contributed by atoms with Gasteiger partial charge in [-0.1, -0.05) is 12.2 Å². The Bertz CT molecular complexity index is 384. The number of amides is 1. The van der Waals surface area contributed by atoms with E-state index >= 15 is 0 Å². The third-order valence-corrected chi connectivity index (χ3v) is 4.47. The second-order valence-corrected chi connectivity index (χ2v) is 5.69. The number of hydrogen-bond donors (Lipinski definition) is 1. The van der Waals surface area contributed by atoms with Crippen LogP contribution >= 0.6 is 0 Å². The van der Waals surface area contributed by atoms with Crippen LogP contribution in [0.4, 0.5) is 0 Å². The molecule has 0 aromatic carbocycles. The van der Waals surface area contributed by atoms with E-state index in [0.717, 1.165) is 25.9 Å². The lowest BCUT2D eigenvalue weighted by molar-refractivity contribution is -0.145. The fourth-order valence-electron chi connectivity index (χ4n) is 3.63. The van der Waals surface area contributed by atoms with Gasteiger partial charge in [-0.15, -0.1) is 0 Å². The summed E-state index contributed by atoms with van der Waals surface area (Å²) >= 11 is 0. The number of nitrogens with zero attached hydrogens (tertiary/aromatic N) is 2. The summed E-state index contributed by atoms with van der Waals surface area (Å²) in [4.78, 5) is 16.1. The second-order valence-electron chi connectivity index (χ2n) is 5.69. The number of ether oxygens (including phenoxy) is 1. The van der Waals surface area contributed by atoms with Crippen LogP contribution in [0.3, 0.4) is 0 Å². The minimum absolute atomic E-state index is 0.0827. The average molecular weight is 252 g/mol. The van der Waals surface area contributed by atoms with Gasteiger partial charge >= 0.3 is 0 Å². The van der Waals surface area contributed by atoms with Crippen LogP contribution in [0.5, 0.6) is 0 Å². The Hall–Kier alpha value is -0.910. The van der Waals surface area contributed by atoms with Crippen molar-refractivity contribution in [3.63, 3.8) is 0 Å². The fraction of sp³-hybridized carbons (Fsp3) is 0.769. The van der Waals surface area contributed by atoms with Crippen LogP contribution in [0.1, 0.15) is 12.8 Å². The van der Waals surface area contributed by atoms with Gasteiger partial charge in [0.05, 0.1) is 18.8 Å². The molecule has 3 rings (SSSR count). The van der Waals surface area contributed by atoms with Gasteiger partial charge in [-0.2, -0.15) is 0 Å². The maximum atomic E-state index is 11.9. The molecule has 1 amide bonds. The third-order valence-electron chi connectivity index (χ3n) is 4.47. The molecule has 0 spiro atoms. The van der Waals surface area contributed by atoms with Gasteiger partial charge in [-0.3, -0.25) is 9.69 Å². The molecule has 3 saturated heterocycles. The molecular weight excluding hydrogens is 232 g/mol. The molecular formula is C13H20N2O3. The Morgan fingerprint density at radius 1 is 1.56 bits per heavy atom. The summed E-state index contributed by atoms with van der Waals surface area (Å²) in [6, 6.07) is 0.224. The van der Waals surface area contributed by atoms with Crippen molar-refractivity contribution in [2.75, 3.05) is 39.5 Å². The topological polar surface area (TPSA) is 53.0 Å². The zero-order chi connectivity index (χ0) is 12.8. The fourth-order valence-corrected chi connectivity index (χ4v) is 3.63. The van der Waals surface area contributed by atoms with Gasteiger partial charge in [0.1, 0.15) is 6.61 Å². The quantitative estimate of drug-likeness (QED) is 0.680. The van der Waals surface area contributed by atoms with Gasteiger partial charge in [-0.25, -0.2) is 0 Å². The number of carbonyl (C=O) groups excluding carboxylic acids is 1. The van der Waals surface area contributed by atoms with Crippen molar-refractivity contribution in [3.8, 4) is 0 Å². The lowest BCUT2D eigenvalue weighted by Gasteiger charge is -2.33. The highest BCUT2D eigenvalue weighted by atomic mass is 16.5. The van der Waals surface area contributed by atoms with Crippen LogP contribution in [0, 0.1) is 0 Å². The van der Waals surface area contributed by atoms with Crippen molar-refractivity contribution >= 4 is 5.91 Å². The molecule has 5 nitrogen and oxygen atoms in total. The van der Waals surface area contributed by atoms with E-state index in [0.29, 0.717) is 13.2 Å². The third kappa shape index (κ3) is 1.77. The molecule has 0 aliphatic carbocycles. The molecule has 18 heavy (non-hydrogen) atoms. The zero-order valence-electron chi connectivity index (χ0n) is 10.6. The first-order valence-electron chi connectivity index (χ1n) is 6.54. The van der Waals surface area contributed by atoms with Crippen LogP contribution in [-0.4, -0.2) is 71.8 Å². The van der Waals surface area contributed by atoms with Crippen molar-refractivity contribution in [1.29, 1.82) is 0 Å². The molecule has 3 fully saturated rings. The van der Waals surface area contributed by atoms with E-state index in [1.54, 1.807) is 0 Å². The Morgan fingerprint density at radius 2 is 2.39 bits per heavy atom. The maximum Gasteiger partial charge on any atom is 0.248 e. The van der Waals surface area contributed by atoms with Gasteiger partial charge in [-0.05, 0) is 12.8 Å². The number of rotatable bonds is 2. The summed E-state index contributed by atoms with van der Waals surface area (Å²) < 4.78 is 5.17. The van der Waals surface area contributed by atoms with E-state index in [2.05, 4.69) is 11.5 Å². The molecule has 3 aliphatic heterocycles. The number of carbonyl (C=O) groups is 1. The molecule has 1 N–H and O–H groups in total. The van der Waals surface area contributed by atoms with Crippen molar-refractivity contribution in [3.05, 3.63) is 12.2 Å². The minimum atomic E-state index is -0.166. The normalized spacial score (nSPS) is 37.4. The summed E-state index contributed by atoms with van der Waals surface area (Å²) in [5, 5.41) is 9.72. The number of aliphatic hydroxyl groups is 1. The molecule has 3 aliphatic rings. The van der Waals surface area contributed by atoms with Crippen LogP contribution in [0.2, 0.25) is 0 Å². The van der Waals surface area contributed by atoms with Gasteiger partial charge < -0.3 is 14.7 Å². The lowest BCUT2D eigenvalue weighted by Crippen LogP contribution is -2.48. The van der Waals surface area contributed by atoms with E-state index in [1.807, 2.05) is 4.90 Å². The van der Waals surface area contributed by atoms with E-state index in [1.165, 1.54) is 5.57 Å². The summed E-state index contributed by atoms with van der Waals surface area (Å²) in [5.41, 5.74) is 1.02. The number of hydrogen-bond acceptors (Lipinski definition) is 4. The summed E-state index contributed by atoms with van der Waals surface area (Å²) in [6.07, 6.45) is 1.72. The van der Waals surface area contributed by atoms with Gasteiger partial charge in [0.2, 0.25) is 5.91 Å². The number of fused-ring (bicyclic) bond motifs is 1. The van der Waals surface area contributed by atoms with Crippen molar-refractivity contribution in [2.24, 2.45) is 0 Å². The summed E-state index contributed by atoms with van der Waals surface area (Å²) in [5.74, 6) is 0.0827. The highest BCUT2D eigenvalue weighted by Crippen LogP contribution is 2.42. The molecule has 3 heterocycles. The van der Waals surface area contributed by atoms with E-state index in [-0.39, 0.29) is 30.7 Å². The van der Waals surface area contributed by atoms with Gasteiger partial charge in [0.15, 0.2) is 0 Å². The predicted molar refractivity (Wildman–Crippen MR) is 66.1 cm³/mol. The first kappa shape index (κ1) is 12.1. The molecule has 0 unspecified atom stereocenters. The molecule has 0 aromatic rings. The Labute approximate surface area is 107 Å². The lowest BCUT2D eigenvalue weighted by atomic mass is 9.92. The Kier molecular flexibility index (Phi) is 2.92. The summed E-state index contributed by atoms with van der Waals surface area (Å²) in [7, 11) is 0. The highest BCUT2D eigenvalue weighted by molar-refractivity contribution is 5.78. The first-order valence-corrected chi connectivity index (χ1v) is 6.54. The first-order chi connectivity index (χ1) is 8.64. The van der Waals surface area contributed by atoms with E-state index in [4.69, 9.17) is 4.74 Å².